The van der Waals surface area contributed by atoms with Crippen molar-refractivity contribution in [3.8, 4) is 5.75 Å². The highest BCUT2D eigenvalue weighted by Gasteiger charge is 2.39. The predicted octanol–water partition coefficient (Wildman–Crippen LogP) is 4.60. The Morgan fingerprint density at radius 2 is 1.34 bits per heavy atom. The summed E-state index contributed by atoms with van der Waals surface area (Å²) in [6.07, 6.45) is 1.44. The van der Waals surface area contributed by atoms with Gasteiger partial charge < -0.3 is 9.84 Å². The summed E-state index contributed by atoms with van der Waals surface area (Å²) in [6.45, 7) is 1.95. The van der Waals surface area contributed by atoms with Crippen molar-refractivity contribution in [3.05, 3.63) is 137 Å². The molecule has 4 aromatic rings. The fourth-order valence-corrected chi connectivity index (χ4v) is 3.51. The van der Waals surface area contributed by atoms with Crippen LogP contribution in [-0.2, 0) is 10.4 Å². The lowest BCUT2D eigenvalue weighted by molar-refractivity contribution is -0.136. The van der Waals surface area contributed by atoms with Crippen molar-refractivity contribution in [1.82, 2.24) is 5.43 Å². The van der Waals surface area contributed by atoms with E-state index in [0.717, 1.165) is 5.56 Å². The number of ether oxygens (including phenoxy) is 1. The number of rotatable bonds is 7. The van der Waals surface area contributed by atoms with Crippen LogP contribution in [-0.4, -0.2) is 23.2 Å². The van der Waals surface area contributed by atoms with E-state index < -0.39 is 17.5 Å². The Balaban J connectivity index is 1.43. The van der Waals surface area contributed by atoms with Gasteiger partial charge in [-0.3, -0.25) is 4.79 Å². The lowest BCUT2D eigenvalue weighted by Gasteiger charge is -2.27. The molecule has 4 aromatic carbocycles. The molecule has 0 fully saturated rings. The van der Waals surface area contributed by atoms with E-state index in [4.69, 9.17) is 4.74 Å². The van der Waals surface area contributed by atoms with Crippen LogP contribution in [0.25, 0.3) is 0 Å². The van der Waals surface area contributed by atoms with Crippen LogP contribution in [0, 0.1) is 6.92 Å². The van der Waals surface area contributed by atoms with E-state index in [9.17, 15) is 14.7 Å². The summed E-state index contributed by atoms with van der Waals surface area (Å²) in [5.74, 6) is -0.742. The third kappa shape index (κ3) is 5.51. The second-order valence-corrected chi connectivity index (χ2v) is 7.97. The van der Waals surface area contributed by atoms with Crippen LogP contribution in [0.1, 0.15) is 32.6 Å². The summed E-state index contributed by atoms with van der Waals surface area (Å²) in [7, 11) is 0. The molecule has 0 aliphatic heterocycles. The second kappa shape index (κ2) is 10.6. The summed E-state index contributed by atoms with van der Waals surface area (Å²) in [6, 6.07) is 31.2. The first-order valence-corrected chi connectivity index (χ1v) is 11.0. The van der Waals surface area contributed by atoms with Crippen molar-refractivity contribution in [2.75, 3.05) is 0 Å². The number of aryl methyl sites for hydroxylation is 1. The third-order valence-corrected chi connectivity index (χ3v) is 5.47. The van der Waals surface area contributed by atoms with Gasteiger partial charge in [-0.1, -0.05) is 78.4 Å². The average Bonchev–Trinajstić information content (AvgIpc) is 2.90. The molecule has 6 heteroatoms. The number of carbonyl (C=O) groups excluding carboxylic acids is 2. The summed E-state index contributed by atoms with van der Waals surface area (Å²) >= 11 is 0. The van der Waals surface area contributed by atoms with Crippen LogP contribution in [0.2, 0.25) is 0 Å². The molecular weight excluding hydrogens is 440 g/mol. The number of esters is 1. The molecule has 0 atom stereocenters. The molecule has 0 bridgehead atoms. The topological polar surface area (TPSA) is 88.0 Å². The minimum atomic E-state index is -1.91. The molecule has 0 unspecified atom stereocenters. The molecule has 0 aliphatic carbocycles. The van der Waals surface area contributed by atoms with E-state index >= 15 is 0 Å². The minimum Gasteiger partial charge on any atom is -0.423 e. The molecular formula is C29H24N2O4. The van der Waals surface area contributed by atoms with Crippen LogP contribution < -0.4 is 10.2 Å². The Morgan fingerprint density at radius 1 is 0.800 bits per heavy atom. The van der Waals surface area contributed by atoms with Crippen molar-refractivity contribution in [1.29, 1.82) is 0 Å². The number of benzene rings is 4. The highest BCUT2D eigenvalue weighted by molar-refractivity contribution is 5.92. The lowest BCUT2D eigenvalue weighted by atomic mass is 9.85. The zero-order chi connectivity index (χ0) is 24.7. The molecule has 0 aromatic heterocycles. The van der Waals surface area contributed by atoms with Gasteiger partial charge in [-0.2, -0.15) is 5.10 Å². The van der Waals surface area contributed by atoms with Gasteiger partial charge in [0, 0.05) is 0 Å². The molecule has 6 nitrogen and oxygen atoms in total. The van der Waals surface area contributed by atoms with Gasteiger partial charge in [0.2, 0.25) is 0 Å². The number of nitrogens with zero attached hydrogens (tertiary/aromatic N) is 1. The van der Waals surface area contributed by atoms with E-state index in [1.54, 1.807) is 84.9 Å². The number of carbonyl (C=O) groups is 2. The van der Waals surface area contributed by atoms with Gasteiger partial charge in [0.15, 0.2) is 5.60 Å². The maximum Gasteiger partial charge on any atom is 0.343 e. The first kappa shape index (κ1) is 23.6. The van der Waals surface area contributed by atoms with Crippen molar-refractivity contribution in [3.63, 3.8) is 0 Å². The fraction of sp³-hybridized carbons (Fsp3) is 0.0690. The van der Waals surface area contributed by atoms with Gasteiger partial charge in [0.25, 0.3) is 5.91 Å². The predicted molar refractivity (Wildman–Crippen MR) is 134 cm³/mol. The molecule has 4 rings (SSSR count). The molecule has 1 amide bonds. The van der Waals surface area contributed by atoms with Gasteiger partial charge >= 0.3 is 5.97 Å². The molecule has 0 saturated heterocycles. The Morgan fingerprint density at radius 3 is 1.89 bits per heavy atom. The normalized spacial score (nSPS) is 11.3. The molecule has 0 aliphatic rings. The number of nitrogens with one attached hydrogen (secondary N) is 1. The van der Waals surface area contributed by atoms with E-state index in [0.29, 0.717) is 28.0 Å². The zero-order valence-corrected chi connectivity index (χ0v) is 19.1. The van der Waals surface area contributed by atoms with Crippen LogP contribution in [0.3, 0.4) is 0 Å². The number of hydrazone groups is 1. The van der Waals surface area contributed by atoms with Gasteiger partial charge in [-0.15, -0.1) is 0 Å². The first-order chi connectivity index (χ1) is 17.0. The minimum absolute atomic E-state index is 0.388. The SMILES string of the molecule is Cc1ccc(C(=O)Oc2ccc(C=NNC(=O)C(O)(c3ccccc3)c3ccccc3)cc2)cc1. The molecule has 0 radical (unpaired) electrons. The van der Waals surface area contributed by atoms with Crippen LogP contribution >= 0.6 is 0 Å². The summed E-state index contributed by atoms with van der Waals surface area (Å²) in [4.78, 5) is 25.3. The van der Waals surface area contributed by atoms with Gasteiger partial charge in [-0.25, -0.2) is 10.2 Å². The van der Waals surface area contributed by atoms with Crippen molar-refractivity contribution >= 4 is 18.1 Å². The maximum absolute atomic E-state index is 13.1. The zero-order valence-electron chi connectivity index (χ0n) is 19.1. The van der Waals surface area contributed by atoms with Crippen molar-refractivity contribution in [2.24, 2.45) is 5.10 Å². The smallest absolute Gasteiger partial charge is 0.343 e. The van der Waals surface area contributed by atoms with E-state index in [1.165, 1.54) is 6.21 Å². The van der Waals surface area contributed by atoms with Crippen LogP contribution in [0.5, 0.6) is 5.75 Å². The average molecular weight is 465 g/mol. The molecule has 0 spiro atoms. The molecule has 2 N–H and O–H groups in total. The van der Waals surface area contributed by atoms with Crippen LogP contribution in [0.4, 0.5) is 0 Å². The van der Waals surface area contributed by atoms with E-state index in [2.05, 4.69) is 10.5 Å². The van der Waals surface area contributed by atoms with E-state index in [-0.39, 0.29) is 0 Å². The van der Waals surface area contributed by atoms with Gasteiger partial charge in [0.1, 0.15) is 5.75 Å². The molecule has 0 saturated carbocycles. The summed E-state index contributed by atoms with van der Waals surface area (Å²) in [5.41, 5.74) is 3.58. The largest absolute Gasteiger partial charge is 0.423 e. The van der Waals surface area contributed by atoms with Crippen molar-refractivity contribution < 1.29 is 19.4 Å². The monoisotopic (exact) mass is 464 g/mol. The quantitative estimate of drug-likeness (QED) is 0.181. The standard InChI is InChI=1S/C29H24N2O4/c1-21-12-16-23(17-13-21)27(32)35-26-18-14-22(15-19-26)20-30-31-28(33)29(34,24-8-4-2-5-9-24)25-10-6-3-7-11-25/h2-20,34H,1H3,(H,31,33). The first-order valence-electron chi connectivity index (χ1n) is 11.0. The lowest BCUT2D eigenvalue weighted by Crippen LogP contribution is -2.43. The summed E-state index contributed by atoms with van der Waals surface area (Å²) < 4.78 is 5.39. The highest BCUT2D eigenvalue weighted by Crippen LogP contribution is 2.29. The van der Waals surface area contributed by atoms with Gasteiger partial charge in [-0.05, 0) is 60.0 Å². The number of amides is 1. The highest BCUT2D eigenvalue weighted by atomic mass is 16.5. The molecule has 174 valence electrons. The Labute approximate surface area is 203 Å². The molecule has 0 heterocycles. The molecule has 35 heavy (non-hydrogen) atoms. The maximum atomic E-state index is 13.1. The van der Waals surface area contributed by atoms with Gasteiger partial charge in [0.05, 0.1) is 11.8 Å². The Bertz CT molecular complexity index is 1280. The van der Waals surface area contributed by atoms with Crippen LogP contribution in [0.15, 0.2) is 114 Å². The second-order valence-electron chi connectivity index (χ2n) is 7.97. The van der Waals surface area contributed by atoms with E-state index in [1.807, 2.05) is 31.2 Å². The number of hydrogen-bond acceptors (Lipinski definition) is 5. The Kier molecular flexibility index (Phi) is 7.14. The van der Waals surface area contributed by atoms with Crippen molar-refractivity contribution in [2.45, 2.75) is 12.5 Å². The third-order valence-electron chi connectivity index (χ3n) is 5.47. The Hall–Kier alpha value is -4.55. The number of aliphatic hydroxyl groups is 1. The fourth-order valence-electron chi connectivity index (χ4n) is 3.51. The number of hydrogen-bond donors (Lipinski definition) is 2. The summed E-state index contributed by atoms with van der Waals surface area (Å²) in [5, 5.41) is 15.4.